The highest BCUT2D eigenvalue weighted by molar-refractivity contribution is 8.00. The van der Waals surface area contributed by atoms with E-state index in [0.717, 1.165) is 32.1 Å². The third kappa shape index (κ3) is 7.39. The minimum atomic E-state index is 0.172. The molecule has 1 aliphatic heterocycles. The summed E-state index contributed by atoms with van der Waals surface area (Å²) in [7, 11) is 0. The first-order valence-electron chi connectivity index (χ1n) is 7.76. The first kappa shape index (κ1) is 17.6. The molecule has 0 aromatic rings. The van der Waals surface area contributed by atoms with E-state index >= 15 is 0 Å². The quantitative estimate of drug-likeness (QED) is 0.400. The Hall–Kier alpha value is -0.420. The van der Waals surface area contributed by atoms with E-state index < -0.39 is 0 Å². The molecule has 1 saturated heterocycles. The summed E-state index contributed by atoms with van der Waals surface area (Å²) >= 11 is 2.06. The topological polar surface area (TPSA) is 48.5 Å². The standard InChI is InChI=1S/C15H32N4S/c1-6-16-13(17-9-10-19-14(2,3)4)18-12-15(5)8-7-11-20-15/h19H,6-12H2,1-5H3,(H2,16,17,18). The Labute approximate surface area is 129 Å². The lowest BCUT2D eigenvalue weighted by molar-refractivity contribution is 0.428. The zero-order valence-corrected chi connectivity index (χ0v) is 14.6. The highest BCUT2D eigenvalue weighted by Gasteiger charge is 2.29. The summed E-state index contributed by atoms with van der Waals surface area (Å²) < 4.78 is 0.339. The van der Waals surface area contributed by atoms with E-state index in [-0.39, 0.29) is 5.54 Å². The molecule has 0 bridgehead atoms. The molecule has 1 rings (SSSR count). The zero-order valence-electron chi connectivity index (χ0n) is 13.8. The Morgan fingerprint density at radius 1 is 1.25 bits per heavy atom. The maximum absolute atomic E-state index is 4.75. The third-order valence-corrected chi connectivity index (χ3v) is 4.81. The van der Waals surface area contributed by atoms with Gasteiger partial charge in [-0.2, -0.15) is 11.8 Å². The van der Waals surface area contributed by atoms with Gasteiger partial charge in [-0.15, -0.1) is 0 Å². The van der Waals surface area contributed by atoms with Crippen LogP contribution in [0.4, 0.5) is 0 Å². The summed E-state index contributed by atoms with van der Waals surface area (Å²) in [5.74, 6) is 2.22. The van der Waals surface area contributed by atoms with Gasteiger partial charge in [0.25, 0.3) is 0 Å². The van der Waals surface area contributed by atoms with Gasteiger partial charge in [-0.25, -0.2) is 0 Å². The van der Waals surface area contributed by atoms with E-state index in [1.54, 1.807) is 0 Å². The van der Waals surface area contributed by atoms with Crippen LogP contribution in [0.1, 0.15) is 47.5 Å². The molecule has 0 amide bonds. The number of thioether (sulfide) groups is 1. The van der Waals surface area contributed by atoms with Crippen molar-refractivity contribution in [2.24, 2.45) is 4.99 Å². The van der Waals surface area contributed by atoms with E-state index in [0.29, 0.717) is 4.75 Å². The first-order valence-corrected chi connectivity index (χ1v) is 8.74. The van der Waals surface area contributed by atoms with E-state index in [1.165, 1.54) is 18.6 Å². The van der Waals surface area contributed by atoms with Gasteiger partial charge in [0.2, 0.25) is 0 Å². The molecule has 0 aromatic carbocycles. The van der Waals surface area contributed by atoms with Crippen LogP contribution in [0.15, 0.2) is 4.99 Å². The van der Waals surface area contributed by atoms with Crippen LogP contribution in [-0.2, 0) is 0 Å². The first-order chi connectivity index (χ1) is 9.35. The Morgan fingerprint density at radius 2 is 2.00 bits per heavy atom. The molecule has 0 aliphatic carbocycles. The van der Waals surface area contributed by atoms with E-state index in [9.17, 15) is 0 Å². The lowest BCUT2D eigenvalue weighted by Crippen LogP contribution is -2.44. The molecule has 0 radical (unpaired) electrons. The van der Waals surface area contributed by atoms with Crippen molar-refractivity contribution in [3.05, 3.63) is 0 Å². The normalized spacial score (nSPS) is 23.9. The number of nitrogens with zero attached hydrogens (tertiary/aromatic N) is 1. The van der Waals surface area contributed by atoms with Crippen LogP contribution in [0.5, 0.6) is 0 Å². The summed E-state index contributed by atoms with van der Waals surface area (Å²) in [6.07, 6.45) is 2.61. The van der Waals surface area contributed by atoms with Gasteiger partial charge in [0.1, 0.15) is 0 Å². The zero-order chi connectivity index (χ0) is 15.1. The second kappa shape index (κ2) is 8.13. The lowest BCUT2D eigenvalue weighted by Gasteiger charge is -2.22. The average molecular weight is 301 g/mol. The number of guanidine groups is 1. The summed E-state index contributed by atoms with van der Waals surface area (Å²) in [5, 5.41) is 10.2. The molecule has 0 spiro atoms. The number of hydrogen-bond acceptors (Lipinski definition) is 3. The van der Waals surface area contributed by atoms with Crippen LogP contribution in [0, 0.1) is 0 Å². The smallest absolute Gasteiger partial charge is 0.191 e. The number of rotatable bonds is 6. The monoisotopic (exact) mass is 300 g/mol. The maximum Gasteiger partial charge on any atom is 0.191 e. The molecule has 0 aromatic heterocycles. The lowest BCUT2D eigenvalue weighted by atomic mass is 10.1. The van der Waals surface area contributed by atoms with Crippen molar-refractivity contribution in [2.75, 3.05) is 31.9 Å². The second-order valence-electron chi connectivity index (χ2n) is 6.70. The summed E-state index contributed by atoms with van der Waals surface area (Å²) in [4.78, 5) is 4.75. The highest BCUT2D eigenvalue weighted by atomic mass is 32.2. The maximum atomic E-state index is 4.75. The van der Waals surface area contributed by atoms with Crippen LogP contribution in [0.3, 0.4) is 0 Å². The van der Waals surface area contributed by atoms with E-state index in [4.69, 9.17) is 4.99 Å². The fourth-order valence-corrected chi connectivity index (χ4v) is 3.39. The predicted octanol–water partition coefficient (Wildman–Crippen LogP) is 2.22. The van der Waals surface area contributed by atoms with Crippen molar-refractivity contribution in [1.82, 2.24) is 16.0 Å². The minimum absolute atomic E-state index is 0.172. The van der Waals surface area contributed by atoms with Crippen molar-refractivity contribution in [2.45, 2.75) is 57.7 Å². The average Bonchev–Trinajstić information content (AvgIpc) is 2.78. The van der Waals surface area contributed by atoms with Gasteiger partial charge in [-0.3, -0.25) is 4.99 Å². The second-order valence-corrected chi connectivity index (χ2v) is 8.38. The molecule has 20 heavy (non-hydrogen) atoms. The fraction of sp³-hybridized carbons (Fsp3) is 0.933. The molecule has 1 aliphatic rings. The van der Waals surface area contributed by atoms with Crippen molar-refractivity contribution < 1.29 is 0 Å². The van der Waals surface area contributed by atoms with Crippen molar-refractivity contribution in [3.8, 4) is 0 Å². The molecule has 5 heteroatoms. The van der Waals surface area contributed by atoms with Crippen LogP contribution in [-0.4, -0.2) is 48.2 Å². The van der Waals surface area contributed by atoms with Gasteiger partial charge in [-0.05, 0) is 53.2 Å². The Kier molecular flexibility index (Phi) is 7.17. The van der Waals surface area contributed by atoms with Crippen LogP contribution >= 0.6 is 11.8 Å². The van der Waals surface area contributed by atoms with Gasteiger partial charge in [-0.1, -0.05) is 0 Å². The van der Waals surface area contributed by atoms with Crippen LogP contribution in [0.25, 0.3) is 0 Å². The number of hydrogen-bond donors (Lipinski definition) is 3. The molecular formula is C15H32N4S. The van der Waals surface area contributed by atoms with Gasteiger partial charge in [0.15, 0.2) is 5.96 Å². The largest absolute Gasteiger partial charge is 0.357 e. The molecule has 4 nitrogen and oxygen atoms in total. The minimum Gasteiger partial charge on any atom is -0.357 e. The van der Waals surface area contributed by atoms with Crippen molar-refractivity contribution in [1.29, 1.82) is 0 Å². The Bertz CT molecular complexity index is 303. The molecular weight excluding hydrogens is 268 g/mol. The molecule has 118 valence electrons. The SMILES string of the molecule is CCNC(=NCC1(C)CCCS1)NCCNC(C)(C)C. The van der Waals surface area contributed by atoms with Crippen molar-refractivity contribution >= 4 is 17.7 Å². The summed E-state index contributed by atoms with van der Waals surface area (Å²) in [6.45, 7) is 14.6. The predicted molar refractivity (Wildman–Crippen MR) is 91.8 cm³/mol. The van der Waals surface area contributed by atoms with Crippen molar-refractivity contribution in [3.63, 3.8) is 0 Å². The van der Waals surface area contributed by atoms with Gasteiger partial charge >= 0.3 is 0 Å². The third-order valence-electron chi connectivity index (χ3n) is 3.29. The molecule has 1 unspecified atom stereocenters. The Balaban J connectivity index is 2.35. The number of nitrogens with one attached hydrogen (secondary N) is 3. The number of aliphatic imine (C=N–C) groups is 1. The van der Waals surface area contributed by atoms with Crippen LogP contribution in [0.2, 0.25) is 0 Å². The Morgan fingerprint density at radius 3 is 2.55 bits per heavy atom. The molecule has 3 N–H and O–H groups in total. The molecule has 1 atom stereocenters. The van der Waals surface area contributed by atoms with Gasteiger partial charge in [0, 0.05) is 29.9 Å². The summed E-state index contributed by atoms with van der Waals surface area (Å²) in [6, 6.07) is 0. The van der Waals surface area contributed by atoms with E-state index in [1.807, 2.05) is 0 Å². The summed E-state index contributed by atoms with van der Waals surface area (Å²) in [5.41, 5.74) is 0.172. The molecule has 0 saturated carbocycles. The highest BCUT2D eigenvalue weighted by Crippen LogP contribution is 2.37. The molecule has 1 heterocycles. The van der Waals surface area contributed by atoms with E-state index in [2.05, 4.69) is 62.3 Å². The fourth-order valence-electron chi connectivity index (χ4n) is 2.17. The van der Waals surface area contributed by atoms with Gasteiger partial charge < -0.3 is 16.0 Å². The molecule has 1 fully saturated rings. The van der Waals surface area contributed by atoms with Gasteiger partial charge in [0.05, 0.1) is 6.54 Å². The van der Waals surface area contributed by atoms with Crippen LogP contribution < -0.4 is 16.0 Å².